The van der Waals surface area contributed by atoms with Gasteiger partial charge in [-0.2, -0.15) is 13.2 Å². The van der Waals surface area contributed by atoms with Gasteiger partial charge in [-0.05, 0) is 35.7 Å². The van der Waals surface area contributed by atoms with Crippen LogP contribution in [-0.4, -0.2) is 38.5 Å². The smallest absolute Gasteiger partial charge is 0.356 e. The second-order valence-electron chi connectivity index (χ2n) is 6.13. The Hall–Kier alpha value is -2.55. The van der Waals surface area contributed by atoms with Gasteiger partial charge in [0.25, 0.3) is 5.91 Å². The number of benzene rings is 1. The highest BCUT2D eigenvalue weighted by molar-refractivity contribution is 7.10. The van der Waals surface area contributed by atoms with Gasteiger partial charge in [0.1, 0.15) is 0 Å². The number of nitrogens with zero attached hydrogens (tertiary/aromatic N) is 1. The molecule has 28 heavy (non-hydrogen) atoms. The molecule has 1 atom stereocenters. The normalized spacial score (nSPS) is 13.1. The van der Waals surface area contributed by atoms with Crippen molar-refractivity contribution in [2.45, 2.75) is 19.0 Å². The van der Waals surface area contributed by atoms with Gasteiger partial charge in [-0.25, -0.2) is 0 Å². The second kappa shape index (κ2) is 10.1. The molecular weight excluding hydrogens is 389 g/mol. The molecule has 1 aromatic carbocycles. The molecule has 0 aliphatic heterocycles. The van der Waals surface area contributed by atoms with E-state index in [1.54, 1.807) is 18.4 Å². The Morgan fingerprint density at radius 1 is 1.11 bits per heavy atom. The van der Waals surface area contributed by atoms with Gasteiger partial charge < -0.3 is 16.0 Å². The van der Waals surface area contributed by atoms with Crippen molar-refractivity contribution in [3.63, 3.8) is 0 Å². The van der Waals surface area contributed by atoms with E-state index >= 15 is 0 Å². The molecule has 0 saturated carbocycles. The van der Waals surface area contributed by atoms with Crippen molar-refractivity contribution in [1.82, 2.24) is 16.0 Å². The van der Waals surface area contributed by atoms with Crippen molar-refractivity contribution in [1.29, 1.82) is 0 Å². The predicted molar refractivity (Wildman–Crippen MR) is 106 cm³/mol. The van der Waals surface area contributed by atoms with Crippen LogP contribution in [0.4, 0.5) is 13.2 Å². The molecule has 2 aromatic rings. The lowest BCUT2D eigenvalue weighted by Gasteiger charge is -2.15. The van der Waals surface area contributed by atoms with Crippen LogP contribution in [0, 0.1) is 0 Å². The van der Waals surface area contributed by atoms with Crippen LogP contribution in [-0.2, 0) is 6.18 Å². The molecule has 1 heterocycles. The molecule has 0 aliphatic rings. The minimum Gasteiger partial charge on any atom is -0.356 e. The van der Waals surface area contributed by atoms with Crippen LogP contribution in [0.3, 0.4) is 0 Å². The first-order valence-electron chi connectivity index (χ1n) is 8.74. The van der Waals surface area contributed by atoms with Gasteiger partial charge in [0.15, 0.2) is 5.96 Å². The number of aliphatic imine (C=N–C) groups is 1. The summed E-state index contributed by atoms with van der Waals surface area (Å²) in [6, 6.07) is 8.23. The predicted octanol–water partition coefficient (Wildman–Crippen LogP) is 3.47. The van der Waals surface area contributed by atoms with Gasteiger partial charge in [0, 0.05) is 43.0 Å². The summed E-state index contributed by atoms with van der Waals surface area (Å²) >= 11 is 1.70. The van der Waals surface area contributed by atoms with Crippen molar-refractivity contribution < 1.29 is 18.0 Å². The molecule has 3 N–H and O–H groups in total. The van der Waals surface area contributed by atoms with E-state index in [2.05, 4.69) is 33.9 Å². The van der Waals surface area contributed by atoms with E-state index in [-0.39, 0.29) is 5.56 Å². The zero-order valence-corrected chi connectivity index (χ0v) is 16.5. The number of carbonyl (C=O) groups is 1. The van der Waals surface area contributed by atoms with Crippen LogP contribution in [0.15, 0.2) is 46.8 Å². The third-order valence-electron chi connectivity index (χ3n) is 4.01. The van der Waals surface area contributed by atoms with Crippen molar-refractivity contribution in [2.75, 3.05) is 26.7 Å². The lowest BCUT2D eigenvalue weighted by atomic mass is 10.1. The number of guanidine groups is 1. The molecule has 0 fully saturated rings. The molecule has 0 bridgehead atoms. The highest BCUT2D eigenvalue weighted by atomic mass is 32.1. The molecule has 0 aliphatic carbocycles. The number of nitrogens with one attached hydrogen (secondary N) is 3. The number of thiophene rings is 1. The molecule has 5 nitrogen and oxygen atoms in total. The number of amides is 1. The first-order valence-corrected chi connectivity index (χ1v) is 9.62. The summed E-state index contributed by atoms with van der Waals surface area (Å²) in [6.45, 7) is 3.58. The molecule has 1 amide bonds. The fourth-order valence-electron chi connectivity index (χ4n) is 2.41. The summed E-state index contributed by atoms with van der Waals surface area (Å²) in [5, 5.41) is 11.0. The summed E-state index contributed by atoms with van der Waals surface area (Å²) < 4.78 is 37.6. The third-order valence-corrected chi connectivity index (χ3v) is 5.11. The van der Waals surface area contributed by atoms with Crippen LogP contribution >= 0.6 is 11.3 Å². The fourth-order valence-corrected chi connectivity index (χ4v) is 3.20. The maximum atomic E-state index is 12.5. The molecule has 1 unspecified atom stereocenters. The largest absolute Gasteiger partial charge is 0.416 e. The number of alkyl halides is 3. The zero-order chi connectivity index (χ0) is 20.6. The van der Waals surface area contributed by atoms with Crippen molar-refractivity contribution in [2.24, 2.45) is 4.99 Å². The Labute approximate surface area is 166 Å². The summed E-state index contributed by atoms with van der Waals surface area (Å²) in [4.78, 5) is 17.4. The summed E-state index contributed by atoms with van der Waals surface area (Å²) in [6.07, 6.45) is -4.41. The highest BCUT2D eigenvalue weighted by Crippen LogP contribution is 2.29. The van der Waals surface area contributed by atoms with E-state index in [0.717, 1.165) is 30.8 Å². The molecule has 0 spiro atoms. The van der Waals surface area contributed by atoms with Gasteiger partial charge in [-0.3, -0.25) is 9.79 Å². The van der Waals surface area contributed by atoms with E-state index in [9.17, 15) is 18.0 Å². The minimum atomic E-state index is -4.41. The Morgan fingerprint density at radius 3 is 2.36 bits per heavy atom. The first-order chi connectivity index (χ1) is 13.3. The Morgan fingerprint density at radius 2 is 1.79 bits per heavy atom. The van der Waals surface area contributed by atoms with Crippen LogP contribution in [0.2, 0.25) is 0 Å². The lowest BCUT2D eigenvalue weighted by Crippen LogP contribution is -2.42. The van der Waals surface area contributed by atoms with Gasteiger partial charge >= 0.3 is 6.18 Å². The number of hydrogen-bond acceptors (Lipinski definition) is 3. The van der Waals surface area contributed by atoms with Gasteiger partial charge in [0.05, 0.1) is 5.56 Å². The Balaban J connectivity index is 1.71. The lowest BCUT2D eigenvalue weighted by molar-refractivity contribution is -0.137. The van der Waals surface area contributed by atoms with Crippen molar-refractivity contribution >= 4 is 23.2 Å². The molecule has 1 aromatic heterocycles. The van der Waals surface area contributed by atoms with Gasteiger partial charge in [-0.15, -0.1) is 11.3 Å². The first kappa shape index (κ1) is 21.7. The van der Waals surface area contributed by atoms with Crippen LogP contribution in [0.5, 0.6) is 0 Å². The maximum Gasteiger partial charge on any atom is 0.416 e. The Kier molecular flexibility index (Phi) is 7.86. The SMILES string of the molecule is CN=C(NCCNC(=O)c1ccc(C(F)(F)F)cc1)NCC(C)c1cccs1. The maximum absolute atomic E-state index is 12.5. The van der Waals surface area contributed by atoms with Crippen LogP contribution in [0.25, 0.3) is 0 Å². The minimum absolute atomic E-state index is 0.181. The summed E-state index contributed by atoms with van der Waals surface area (Å²) in [7, 11) is 1.66. The van der Waals surface area contributed by atoms with Crippen LogP contribution < -0.4 is 16.0 Å². The van der Waals surface area contributed by atoms with E-state index in [1.807, 2.05) is 11.4 Å². The van der Waals surface area contributed by atoms with E-state index in [1.165, 1.54) is 4.88 Å². The molecule has 152 valence electrons. The van der Waals surface area contributed by atoms with Gasteiger partial charge in [0.2, 0.25) is 0 Å². The molecule has 2 rings (SSSR count). The van der Waals surface area contributed by atoms with Gasteiger partial charge in [-0.1, -0.05) is 13.0 Å². The van der Waals surface area contributed by atoms with E-state index in [4.69, 9.17) is 0 Å². The van der Waals surface area contributed by atoms with Crippen molar-refractivity contribution in [3.05, 3.63) is 57.8 Å². The second-order valence-corrected chi connectivity index (χ2v) is 7.11. The average Bonchev–Trinajstić information content (AvgIpc) is 3.21. The molecule has 0 saturated heterocycles. The summed E-state index contributed by atoms with van der Waals surface area (Å²) in [5.74, 6) is 0.537. The number of hydrogen-bond donors (Lipinski definition) is 3. The highest BCUT2D eigenvalue weighted by Gasteiger charge is 2.30. The number of carbonyl (C=O) groups excluding carboxylic acids is 1. The molecular formula is C19H23F3N4OS. The molecule has 0 radical (unpaired) electrons. The van der Waals surface area contributed by atoms with E-state index < -0.39 is 17.6 Å². The monoisotopic (exact) mass is 412 g/mol. The number of rotatable bonds is 7. The number of halogens is 3. The average molecular weight is 412 g/mol. The summed E-state index contributed by atoms with van der Waals surface area (Å²) in [5.41, 5.74) is -0.599. The quantitative estimate of drug-likeness (QED) is 0.371. The Bertz CT molecular complexity index is 773. The fraction of sp³-hybridized carbons (Fsp3) is 0.368. The zero-order valence-electron chi connectivity index (χ0n) is 15.6. The third kappa shape index (κ3) is 6.56. The standard InChI is InChI=1S/C19H23F3N4OS/c1-13(16-4-3-11-28-16)12-26-18(23-2)25-10-9-24-17(27)14-5-7-15(8-6-14)19(20,21)22/h3-8,11,13H,9-10,12H2,1-2H3,(H,24,27)(H2,23,25,26). The van der Waals surface area contributed by atoms with Crippen LogP contribution in [0.1, 0.15) is 33.6 Å². The van der Waals surface area contributed by atoms with Crippen molar-refractivity contribution in [3.8, 4) is 0 Å². The van der Waals surface area contributed by atoms with E-state index in [0.29, 0.717) is 25.0 Å². The molecule has 9 heteroatoms. The topological polar surface area (TPSA) is 65.5 Å².